The van der Waals surface area contributed by atoms with Crippen LogP contribution in [0.1, 0.15) is 52.0 Å². The lowest BCUT2D eigenvalue weighted by Gasteiger charge is -2.13. The van der Waals surface area contributed by atoms with Crippen molar-refractivity contribution in [1.29, 1.82) is 0 Å². The first-order chi connectivity index (χ1) is 13.9. The molecule has 0 spiro atoms. The van der Waals surface area contributed by atoms with Crippen molar-refractivity contribution < 1.29 is 14.5 Å². The first kappa shape index (κ1) is 21.2. The Morgan fingerprint density at radius 3 is 2.62 bits per heavy atom. The molecule has 0 saturated heterocycles. The van der Waals surface area contributed by atoms with Gasteiger partial charge < -0.3 is 15.4 Å². The van der Waals surface area contributed by atoms with Crippen molar-refractivity contribution in [3.63, 3.8) is 0 Å². The summed E-state index contributed by atoms with van der Waals surface area (Å²) < 4.78 is 5.02. The first-order valence-electron chi connectivity index (χ1n) is 9.47. The molecule has 7 nitrogen and oxygen atoms in total. The van der Waals surface area contributed by atoms with E-state index < -0.39 is 4.92 Å². The van der Waals surface area contributed by atoms with Crippen LogP contribution in [0.3, 0.4) is 0 Å². The fraction of sp³-hybridized carbons (Fsp3) is 0.400. The van der Waals surface area contributed by atoms with Gasteiger partial charge >= 0.3 is 5.97 Å². The highest BCUT2D eigenvalue weighted by Gasteiger charge is 2.25. The summed E-state index contributed by atoms with van der Waals surface area (Å²) in [5, 5.41) is 18.2. The quantitative estimate of drug-likeness (QED) is 0.295. The maximum atomic E-state index is 12.5. The minimum Gasteiger partial charge on any atom is -0.465 e. The number of carbonyl (C=O) groups is 1. The zero-order chi connectivity index (χ0) is 21.0. The fourth-order valence-corrected chi connectivity index (χ4v) is 5.10. The van der Waals surface area contributed by atoms with Crippen LogP contribution in [-0.2, 0) is 17.6 Å². The Kier molecular flexibility index (Phi) is 6.81. The average molecular weight is 434 g/mol. The summed E-state index contributed by atoms with van der Waals surface area (Å²) in [5.41, 5.74) is 2.67. The van der Waals surface area contributed by atoms with Gasteiger partial charge in [-0.25, -0.2) is 4.79 Å². The largest absolute Gasteiger partial charge is 0.465 e. The lowest BCUT2D eigenvalue weighted by atomic mass is 9.96. The average Bonchev–Trinajstić information content (AvgIpc) is 2.98. The van der Waals surface area contributed by atoms with Gasteiger partial charge in [0, 0.05) is 10.9 Å². The molecule has 0 aliphatic heterocycles. The van der Waals surface area contributed by atoms with Crippen molar-refractivity contribution in [2.45, 2.75) is 45.4 Å². The molecule has 29 heavy (non-hydrogen) atoms. The van der Waals surface area contributed by atoms with Crippen molar-refractivity contribution in [3.05, 3.63) is 49.9 Å². The van der Waals surface area contributed by atoms with Crippen LogP contribution in [0.25, 0.3) is 0 Å². The molecule has 0 atom stereocenters. The number of nitrogens with zero attached hydrogens (tertiary/aromatic N) is 1. The molecule has 0 radical (unpaired) electrons. The molecular formula is C20H23N3O4S2. The minimum absolute atomic E-state index is 0.0205. The van der Waals surface area contributed by atoms with Gasteiger partial charge in [0.05, 0.1) is 28.8 Å². The summed E-state index contributed by atoms with van der Waals surface area (Å²) in [7, 11) is 1.38. The summed E-state index contributed by atoms with van der Waals surface area (Å²) in [4.78, 5) is 24.4. The van der Waals surface area contributed by atoms with Gasteiger partial charge in [0.1, 0.15) is 5.00 Å². The van der Waals surface area contributed by atoms with E-state index in [4.69, 9.17) is 17.0 Å². The Bertz CT molecular complexity index is 955. The van der Waals surface area contributed by atoms with Crippen molar-refractivity contribution in [1.82, 2.24) is 0 Å². The molecule has 3 rings (SSSR count). The number of benzene rings is 1. The van der Waals surface area contributed by atoms with Crippen LogP contribution >= 0.6 is 23.6 Å². The number of anilines is 2. The van der Waals surface area contributed by atoms with E-state index in [1.54, 1.807) is 19.1 Å². The van der Waals surface area contributed by atoms with E-state index in [1.807, 2.05) is 0 Å². The molecule has 0 bridgehead atoms. The Morgan fingerprint density at radius 1 is 1.21 bits per heavy atom. The number of hydrogen-bond acceptors (Lipinski definition) is 6. The second-order valence-corrected chi connectivity index (χ2v) is 8.41. The summed E-state index contributed by atoms with van der Waals surface area (Å²) in [6, 6.07) is 4.78. The Hall–Kier alpha value is -2.52. The smallest absolute Gasteiger partial charge is 0.341 e. The predicted molar refractivity (Wildman–Crippen MR) is 119 cm³/mol. The number of rotatable bonds is 4. The van der Waals surface area contributed by atoms with E-state index >= 15 is 0 Å². The van der Waals surface area contributed by atoms with Crippen molar-refractivity contribution in [3.8, 4) is 0 Å². The van der Waals surface area contributed by atoms with Gasteiger partial charge in [-0.3, -0.25) is 10.1 Å². The van der Waals surface area contributed by atoms with Crippen LogP contribution in [0, 0.1) is 17.0 Å². The zero-order valence-corrected chi connectivity index (χ0v) is 18.0. The number of nitrogens with one attached hydrogen (secondary N) is 2. The molecule has 1 aromatic heterocycles. The Balaban J connectivity index is 1.87. The topological polar surface area (TPSA) is 93.5 Å². The number of esters is 1. The normalized spacial score (nSPS) is 13.6. The number of methoxy groups -OCH3 is 1. The zero-order valence-electron chi connectivity index (χ0n) is 16.4. The molecule has 9 heteroatoms. The van der Waals surface area contributed by atoms with E-state index in [9.17, 15) is 14.9 Å². The third kappa shape index (κ3) is 4.73. The van der Waals surface area contributed by atoms with Gasteiger partial charge in [0.15, 0.2) is 5.11 Å². The van der Waals surface area contributed by atoms with Crippen LogP contribution in [0.15, 0.2) is 18.2 Å². The lowest BCUT2D eigenvalue weighted by molar-refractivity contribution is -0.385. The van der Waals surface area contributed by atoms with Crippen molar-refractivity contribution in [2.75, 3.05) is 17.7 Å². The molecule has 1 heterocycles. The standard InChI is InChI=1S/C20H23N3O4S2/c1-12-14(9-7-10-15(12)23(25)26)21-20(28)22-18-17(19(24)27-2)13-8-5-3-4-6-11-16(13)29-18/h7,9-10H,3-6,8,11H2,1-2H3,(H2,21,22,28). The van der Waals surface area contributed by atoms with Crippen molar-refractivity contribution in [2.24, 2.45) is 0 Å². The summed E-state index contributed by atoms with van der Waals surface area (Å²) in [6.45, 7) is 1.67. The summed E-state index contributed by atoms with van der Waals surface area (Å²) in [5.74, 6) is -0.375. The highest BCUT2D eigenvalue weighted by atomic mass is 32.1. The van der Waals surface area contributed by atoms with E-state index in [0.717, 1.165) is 37.7 Å². The van der Waals surface area contributed by atoms with Crippen LogP contribution in [0.2, 0.25) is 0 Å². The number of hydrogen-bond donors (Lipinski definition) is 2. The number of thiophene rings is 1. The van der Waals surface area contributed by atoms with Gasteiger partial charge in [-0.2, -0.15) is 0 Å². The highest BCUT2D eigenvalue weighted by molar-refractivity contribution is 7.80. The van der Waals surface area contributed by atoms with Crippen LogP contribution in [0.5, 0.6) is 0 Å². The number of nitro benzene ring substituents is 1. The van der Waals surface area contributed by atoms with Gasteiger partial charge in [-0.1, -0.05) is 18.9 Å². The maximum Gasteiger partial charge on any atom is 0.341 e. The number of ether oxygens (including phenoxy) is 1. The fourth-order valence-electron chi connectivity index (χ4n) is 3.54. The second-order valence-electron chi connectivity index (χ2n) is 6.90. The van der Waals surface area contributed by atoms with Crippen LogP contribution in [0.4, 0.5) is 16.4 Å². The second kappa shape index (κ2) is 9.32. The molecular weight excluding hydrogens is 410 g/mol. The SMILES string of the molecule is COC(=O)c1c(NC(=S)Nc2cccc([N+](=O)[O-])c2C)sc2c1CCCCCC2. The third-order valence-corrected chi connectivity index (χ3v) is 6.45. The molecule has 0 fully saturated rings. The number of nitro groups is 1. The van der Waals surface area contributed by atoms with Gasteiger partial charge in [0.25, 0.3) is 5.69 Å². The van der Waals surface area contributed by atoms with Crippen LogP contribution in [-0.4, -0.2) is 23.1 Å². The van der Waals surface area contributed by atoms with Crippen LogP contribution < -0.4 is 10.6 Å². The third-order valence-electron chi connectivity index (χ3n) is 5.04. The monoisotopic (exact) mass is 433 g/mol. The van der Waals surface area contributed by atoms with E-state index in [-0.39, 0.29) is 16.8 Å². The minimum atomic E-state index is -0.425. The molecule has 2 N–H and O–H groups in total. The molecule has 1 aromatic carbocycles. The molecule has 1 aliphatic carbocycles. The number of aryl methyl sites for hydroxylation is 1. The predicted octanol–water partition coefficient (Wildman–Crippen LogP) is 5.22. The van der Waals surface area contributed by atoms with E-state index in [1.165, 1.54) is 35.8 Å². The first-order valence-corrected chi connectivity index (χ1v) is 10.7. The molecule has 0 saturated carbocycles. The Morgan fingerprint density at radius 2 is 1.93 bits per heavy atom. The van der Waals surface area contributed by atoms with Crippen molar-refractivity contribution >= 4 is 51.0 Å². The molecule has 2 aromatic rings. The Labute approximate surface area is 178 Å². The van der Waals surface area contributed by atoms with Gasteiger partial charge in [0.2, 0.25) is 0 Å². The van der Waals surface area contributed by atoms with E-state index in [0.29, 0.717) is 21.8 Å². The molecule has 0 amide bonds. The maximum absolute atomic E-state index is 12.5. The molecule has 1 aliphatic rings. The highest BCUT2D eigenvalue weighted by Crippen LogP contribution is 2.37. The van der Waals surface area contributed by atoms with E-state index in [2.05, 4.69) is 10.6 Å². The number of carbonyl (C=O) groups excluding carboxylic acids is 1. The van der Waals surface area contributed by atoms with Gasteiger partial charge in [-0.15, -0.1) is 11.3 Å². The van der Waals surface area contributed by atoms with Gasteiger partial charge in [-0.05, 0) is 56.5 Å². The summed E-state index contributed by atoms with van der Waals surface area (Å²) in [6.07, 6.45) is 6.29. The summed E-state index contributed by atoms with van der Waals surface area (Å²) >= 11 is 6.96. The number of fused-ring (bicyclic) bond motifs is 1. The molecule has 0 unspecified atom stereocenters. The number of thiocarbonyl (C=S) groups is 1. The molecule has 154 valence electrons. The lowest BCUT2D eigenvalue weighted by Crippen LogP contribution is -2.21.